The third-order valence-electron chi connectivity index (χ3n) is 6.75. The number of halogens is 3. The number of nitrogens with one attached hydrogen (secondary N) is 1. The number of piperidine rings is 1. The molecule has 0 aliphatic carbocycles. The molecule has 2 aromatic carbocycles. The lowest BCUT2D eigenvalue weighted by molar-refractivity contribution is -0.137. The second kappa shape index (κ2) is 11.9. The van der Waals surface area contributed by atoms with Crippen molar-refractivity contribution in [1.82, 2.24) is 14.9 Å². The standard InChI is InChI=1S/C30H27F3N4OS/c31-30(32,33)24-7-3-6-23(19-24)25-8-1-2-9-26(25)35-28(38)27-20-39-29(36-27)22-12-17-37(18-13-22)16-4-5-21-10-14-34-15-11-21/h1-11,14-15,19-20,22H,12-13,16-18H2,(H,35,38). The molecule has 2 aromatic heterocycles. The van der Waals surface area contributed by atoms with Gasteiger partial charge in [0, 0.05) is 41.5 Å². The van der Waals surface area contributed by atoms with E-state index in [0.29, 0.717) is 28.4 Å². The lowest BCUT2D eigenvalue weighted by atomic mass is 9.97. The minimum atomic E-state index is -4.45. The van der Waals surface area contributed by atoms with Crippen molar-refractivity contribution in [3.8, 4) is 11.1 Å². The minimum Gasteiger partial charge on any atom is -0.320 e. The van der Waals surface area contributed by atoms with Crippen LogP contribution in [0.4, 0.5) is 18.9 Å². The van der Waals surface area contributed by atoms with Crippen LogP contribution >= 0.6 is 11.3 Å². The summed E-state index contributed by atoms with van der Waals surface area (Å²) in [6, 6.07) is 15.9. The van der Waals surface area contributed by atoms with E-state index in [1.165, 1.54) is 17.4 Å². The van der Waals surface area contributed by atoms with E-state index in [0.717, 1.165) is 55.2 Å². The highest BCUT2D eigenvalue weighted by Gasteiger charge is 2.30. The topological polar surface area (TPSA) is 58.1 Å². The van der Waals surface area contributed by atoms with Gasteiger partial charge in [-0.15, -0.1) is 11.3 Å². The number of rotatable bonds is 7. The van der Waals surface area contributed by atoms with Gasteiger partial charge >= 0.3 is 6.18 Å². The van der Waals surface area contributed by atoms with Crippen molar-refractivity contribution in [3.63, 3.8) is 0 Å². The molecule has 5 nitrogen and oxygen atoms in total. The maximum Gasteiger partial charge on any atom is 0.416 e. The summed E-state index contributed by atoms with van der Waals surface area (Å²) in [5.74, 6) is -0.0787. The van der Waals surface area contributed by atoms with Crippen molar-refractivity contribution < 1.29 is 18.0 Å². The molecular weight excluding hydrogens is 521 g/mol. The quantitative estimate of drug-likeness (QED) is 0.262. The molecule has 0 spiro atoms. The van der Waals surface area contributed by atoms with Gasteiger partial charge < -0.3 is 5.32 Å². The number of para-hydroxylation sites is 1. The highest BCUT2D eigenvalue weighted by molar-refractivity contribution is 7.10. The molecule has 0 saturated carbocycles. The highest BCUT2D eigenvalue weighted by atomic mass is 32.1. The first-order valence-electron chi connectivity index (χ1n) is 12.7. The van der Waals surface area contributed by atoms with Crippen molar-refractivity contribution in [3.05, 3.63) is 106 Å². The zero-order chi connectivity index (χ0) is 27.2. The summed E-state index contributed by atoms with van der Waals surface area (Å²) in [7, 11) is 0. The van der Waals surface area contributed by atoms with Crippen LogP contribution in [0.3, 0.4) is 0 Å². The van der Waals surface area contributed by atoms with Gasteiger partial charge in [-0.2, -0.15) is 13.2 Å². The van der Waals surface area contributed by atoms with Crippen LogP contribution < -0.4 is 5.32 Å². The van der Waals surface area contributed by atoms with Crippen molar-refractivity contribution in [2.24, 2.45) is 0 Å². The van der Waals surface area contributed by atoms with Crippen molar-refractivity contribution >= 4 is 29.0 Å². The number of aromatic nitrogens is 2. The second-order valence-electron chi connectivity index (χ2n) is 9.41. The molecule has 1 N–H and O–H groups in total. The van der Waals surface area contributed by atoms with Gasteiger partial charge in [0.1, 0.15) is 5.69 Å². The van der Waals surface area contributed by atoms with Gasteiger partial charge in [-0.05, 0) is 67.4 Å². The van der Waals surface area contributed by atoms with E-state index in [2.05, 4.69) is 32.3 Å². The number of hydrogen-bond acceptors (Lipinski definition) is 5. The van der Waals surface area contributed by atoms with Gasteiger partial charge in [-0.3, -0.25) is 14.7 Å². The van der Waals surface area contributed by atoms with Crippen LogP contribution in [0.15, 0.2) is 84.5 Å². The number of alkyl halides is 3. The molecule has 1 aliphatic rings. The number of nitrogens with zero attached hydrogens (tertiary/aromatic N) is 3. The molecule has 9 heteroatoms. The van der Waals surface area contributed by atoms with Crippen LogP contribution in [-0.2, 0) is 6.18 Å². The van der Waals surface area contributed by atoms with Gasteiger partial charge in [0.15, 0.2) is 0 Å². The minimum absolute atomic E-state index is 0.300. The number of carbonyl (C=O) groups excluding carboxylic acids is 1. The van der Waals surface area contributed by atoms with Crippen LogP contribution in [0.5, 0.6) is 0 Å². The summed E-state index contributed by atoms with van der Waals surface area (Å²) in [6.45, 7) is 2.79. The summed E-state index contributed by atoms with van der Waals surface area (Å²) >= 11 is 1.48. The average Bonchev–Trinajstić information content (AvgIpc) is 3.45. The SMILES string of the molecule is O=C(Nc1ccccc1-c1cccc(C(F)(F)F)c1)c1csc(C2CCN(CC=Cc3ccncc3)CC2)n1. The Balaban J connectivity index is 1.20. The maximum atomic E-state index is 13.2. The largest absolute Gasteiger partial charge is 0.416 e. The Morgan fingerprint density at radius 1 is 1.05 bits per heavy atom. The first-order chi connectivity index (χ1) is 18.9. The van der Waals surface area contributed by atoms with E-state index in [4.69, 9.17) is 0 Å². The van der Waals surface area contributed by atoms with Crippen molar-refractivity contribution in [2.45, 2.75) is 24.9 Å². The first-order valence-corrected chi connectivity index (χ1v) is 13.6. The van der Waals surface area contributed by atoms with Gasteiger partial charge in [0.05, 0.1) is 10.6 Å². The second-order valence-corrected chi connectivity index (χ2v) is 10.3. The molecule has 5 rings (SSSR count). The fourth-order valence-corrected chi connectivity index (χ4v) is 5.62. The van der Waals surface area contributed by atoms with Crippen LogP contribution in [0.2, 0.25) is 0 Å². The zero-order valence-electron chi connectivity index (χ0n) is 21.1. The molecule has 1 saturated heterocycles. The normalized spacial score (nSPS) is 15.1. The number of benzene rings is 2. The van der Waals surface area contributed by atoms with Crippen molar-refractivity contribution in [2.75, 3.05) is 25.0 Å². The van der Waals surface area contributed by atoms with E-state index in [-0.39, 0.29) is 5.91 Å². The molecule has 0 radical (unpaired) electrons. The molecule has 0 atom stereocenters. The first kappa shape index (κ1) is 26.8. The Kier molecular flexibility index (Phi) is 8.18. The molecule has 39 heavy (non-hydrogen) atoms. The summed E-state index contributed by atoms with van der Waals surface area (Å²) in [5.41, 5.74) is 2.04. The van der Waals surface area contributed by atoms with Gasteiger partial charge in [0.2, 0.25) is 0 Å². The number of pyridine rings is 1. The number of amides is 1. The smallest absolute Gasteiger partial charge is 0.320 e. The van der Waals surface area contributed by atoms with Crippen LogP contribution in [0, 0.1) is 0 Å². The number of thiazole rings is 1. The Morgan fingerprint density at radius 3 is 2.59 bits per heavy atom. The molecule has 1 amide bonds. The molecule has 1 fully saturated rings. The summed E-state index contributed by atoms with van der Waals surface area (Å²) in [5, 5.41) is 5.54. The lowest BCUT2D eigenvalue weighted by Gasteiger charge is -2.30. The van der Waals surface area contributed by atoms with E-state index >= 15 is 0 Å². The third kappa shape index (κ3) is 6.79. The average molecular weight is 549 g/mol. The van der Waals surface area contributed by atoms with Crippen LogP contribution in [0.1, 0.15) is 45.4 Å². The summed E-state index contributed by atoms with van der Waals surface area (Å²) in [6.07, 6.45) is 5.32. The van der Waals surface area contributed by atoms with E-state index < -0.39 is 11.7 Å². The molecular formula is C30H27F3N4OS. The molecule has 200 valence electrons. The Hall–Kier alpha value is -3.82. The van der Waals surface area contributed by atoms with E-state index in [9.17, 15) is 18.0 Å². The number of hydrogen-bond donors (Lipinski definition) is 1. The highest BCUT2D eigenvalue weighted by Crippen LogP contribution is 2.35. The number of carbonyl (C=O) groups is 1. The summed E-state index contributed by atoms with van der Waals surface area (Å²) < 4.78 is 39.7. The Morgan fingerprint density at radius 2 is 1.82 bits per heavy atom. The lowest BCUT2D eigenvalue weighted by Crippen LogP contribution is -2.33. The maximum absolute atomic E-state index is 13.2. The fourth-order valence-electron chi connectivity index (χ4n) is 4.65. The fraction of sp³-hybridized carbons (Fsp3) is 0.233. The zero-order valence-corrected chi connectivity index (χ0v) is 21.9. The van der Waals surface area contributed by atoms with E-state index in [1.54, 1.807) is 48.1 Å². The molecule has 4 aromatic rings. The summed E-state index contributed by atoms with van der Waals surface area (Å²) in [4.78, 5) is 24.1. The number of anilines is 1. The molecule has 3 heterocycles. The predicted octanol–water partition coefficient (Wildman–Crippen LogP) is 7.37. The molecule has 0 bridgehead atoms. The predicted molar refractivity (Wildman–Crippen MR) is 149 cm³/mol. The molecule has 0 unspecified atom stereocenters. The van der Waals surface area contributed by atoms with Crippen LogP contribution in [-0.4, -0.2) is 40.4 Å². The van der Waals surface area contributed by atoms with E-state index in [1.807, 2.05) is 12.1 Å². The molecule has 1 aliphatic heterocycles. The van der Waals surface area contributed by atoms with Gasteiger partial charge in [-0.25, -0.2) is 4.98 Å². The monoisotopic (exact) mass is 548 g/mol. The Labute approximate surface area is 229 Å². The van der Waals surface area contributed by atoms with Crippen LogP contribution in [0.25, 0.3) is 17.2 Å². The van der Waals surface area contributed by atoms with Crippen molar-refractivity contribution in [1.29, 1.82) is 0 Å². The Bertz CT molecular complexity index is 1440. The third-order valence-corrected chi connectivity index (χ3v) is 7.75. The van der Waals surface area contributed by atoms with Gasteiger partial charge in [-0.1, -0.05) is 42.5 Å². The number of likely N-dealkylation sites (tertiary alicyclic amines) is 1. The van der Waals surface area contributed by atoms with Gasteiger partial charge in [0.25, 0.3) is 5.91 Å².